The summed E-state index contributed by atoms with van der Waals surface area (Å²) < 4.78 is 0. The molecule has 1 aliphatic heterocycles. The molecule has 1 fully saturated rings. The van der Waals surface area contributed by atoms with Gasteiger partial charge in [0.25, 0.3) is 5.69 Å². The number of benzene rings is 1. The number of hydrazine groups is 1. The summed E-state index contributed by atoms with van der Waals surface area (Å²) in [5, 5.41) is 13.1. The SMILES string of the molecule is NNc1c(CN2CC(=O)NC(=O)C2)cccc1[N+](=O)[O-]. The third kappa shape index (κ3) is 2.90. The summed E-state index contributed by atoms with van der Waals surface area (Å²) in [7, 11) is 0. The van der Waals surface area contributed by atoms with Crippen molar-refractivity contribution in [2.45, 2.75) is 6.54 Å². The molecule has 2 amide bonds. The van der Waals surface area contributed by atoms with Crippen LogP contribution in [0.3, 0.4) is 0 Å². The number of hydrogen-bond acceptors (Lipinski definition) is 7. The van der Waals surface area contributed by atoms with Gasteiger partial charge in [-0.25, -0.2) is 0 Å². The van der Waals surface area contributed by atoms with E-state index in [0.717, 1.165) is 0 Å². The van der Waals surface area contributed by atoms with Crippen LogP contribution in [0, 0.1) is 10.1 Å². The first-order valence-electron chi connectivity index (χ1n) is 5.79. The molecule has 20 heavy (non-hydrogen) atoms. The van der Waals surface area contributed by atoms with Crippen LogP contribution in [0.4, 0.5) is 11.4 Å². The largest absolute Gasteiger partial charge is 0.318 e. The number of imide groups is 1. The highest BCUT2D eigenvalue weighted by molar-refractivity contribution is 5.99. The number of nitro benzene ring substituents is 1. The van der Waals surface area contributed by atoms with Gasteiger partial charge in [-0.2, -0.15) is 0 Å². The summed E-state index contributed by atoms with van der Waals surface area (Å²) in [5.41, 5.74) is 2.87. The zero-order chi connectivity index (χ0) is 14.7. The van der Waals surface area contributed by atoms with Crippen LogP contribution < -0.4 is 16.6 Å². The smallest absolute Gasteiger partial charge is 0.293 e. The lowest BCUT2D eigenvalue weighted by molar-refractivity contribution is -0.384. The van der Waals surface area contributed by atoms with Crippen LogP contribution in [-0.4, -0.2) is 34.7 Å². The molecule has 4 N–H and O–H groups in total. The van der Waals surface area contributed by atoms with Gasteiger partial charge in [0.15, 0.2) is 0 Å². The van der Waals surface area contributed by atoms with Gasteiger partial charge in [0.1, 0.15) is 5.69 Å². The molecule has 1 saturated heterocycles. The molecule has 0 bridgehead atoms. The topological polar surface area (TPSA) is 131 Å². The number of piperazine rings is 1. The minimum atomic E-state index is -0.549. The Labute approximate surface area is 113 Å². The normalized spacial score (nSPS) is 15.8. The van der Waals surface area contributed by atoms with E-state index in [1.54, 1.807) is 11.0 Å². The fourth-order valence-electron chi connectivity index (χ4n) is 2.09. The van der Waals surface area contributed by atoms with E-state index in [0.29, 0.717) is 5.56 Å². The summed E-state index contributed by atoms with van der Waals surface area (Å²) in [6, 6.07) is 4.51. The fraction of sp³-hybridized carbons (Fsp3) is 0.273. The van der Waals surface area contributed by atoms with Crippen molar-refractivity contribution in [2.75, 3.05) is 18.5 Å². The number of carbonyl (C=O) groups is 2. The predicted molar refractivity (Wildman–Crippen MR) is 69.3 cm³/mol. The molecule has 0 aromatic heterocycles. The van der Waals surface area contributed by atoms with Crippen LogP contribution in [0.1, 0.15) is 5.56 Å². The van der Waals surface area contributed by atoms with E-state index in [-0.39, 0.29) is 31.0 Å². The standard InChI is InChI=1S/C11H13N5O4/c12-14-11-7(2-1-3-8(11)16(19)20)4-15-5-9(17)13-10(18)6-15/h1-3,14H,4-6,12H2,(H,13,17,18). The second-order valence-electron chi connectivity index (χ2n) is 4.33. The Bertz CT molecular complexity index is 558. The lowest BCUT2D eigenvalue weighted by Gasteiger charge is -2.25. The molecule has 0 aliphatic carbocycles. The van der Waals surface area contributed by atoms with E-state index < -0.39 is 16.7 Å². The molecule has 9 heteroatoms. The number of nitrogens with zero attached hydrogens (tertiary/aromatic N) is 2. The van der Waals surface area contributed by atoms with E-state index >= 15 is 0 Å². The first kappa shape index (κ1) is 13.9. The van der Waals surface area contributed by atoms with E-state index in [2.05, 4.69) is 10.7 Å². The monoisotopic (exact) mass is 279 g/mol. The van der Waals surface area contributed by atoms with Crippen LogP contribution >= 0.6 is 0 Å². The highest BCUT2D eigenvalue weighted by Gasteiger charge is 2.24. The first-order valence-corrected chi connectivity index (χ1v) is 5.79. The molecule has 0 saturated carbocycles. The molecule has 106 valence electrons. The predicted octanol–water partition coefficient (Wildman–Crippen LogP) is -0.661. The minimum absolute atomic E-state index is 0.0540. The number of nitrogens with one attached hydrogen (secondary N) is 2. The number of rotatable bonds is 4. The Balaban J connectivity index is 2.25. The van der Waals surface area contributed by atoms with Gasteiger partial charge in [-0.15, -0.1) is 0 Å². The van der Waals surface area contributed by atoms with E-state index in [4.69, 9.17) is 5.84 Å². The van der Waals surface area contributed by atoms with Crippen LogP contribution in [0.2, 0.25) is 0 Å². The van der Waals surface area contributed by atoms with Gasteiger partial charge in [0.2, 0.25) is 11.8 Å². The lowest BCUT2D eigenvalue weighted by atomic mass is 10.1. The first-order chi connectivity index (χ1) is 9.51. The minimum Gasteiger partial charge on any atom is -0.318 e. The zero-order valence-electron chi connectivity index (χ0n) is 10.5. The van der Waals surface area contributed by atoms with Crippen molar-refractivity contribution in [1.29, 1.82) is 0 Å². The number of anilines is 1. The molecule has 1 aliphatic rings. The van der Waals surface area contributed by atoms with Gasteiger partial charge in [0.05, 0.1) is 18.0 Å². The van der Waals surface area contributed by atoms with Crippen molar-refractivity contribution in [1.82, 2.24) is 10.2 Å². The molecule has 1 heterocycles. The van der Waals surface area contributed by atoms with Crippen molar-refractivity contribution in [3.05, 3.63) is 33.9 Å². The van der Waals surface area contributed by atoms with Crippen molar-refractivity contribution >= 4 is 23.2 Å². The van der Waals surface area contributed by atoms with Crippen molar-refractivity contribution < 1.29 is 14.5 Å². The van der Waals surface area contributed by atoms with Gasteiger partial charge in [-0.1, -0.05) is 12.1 Å². The maximum absolute atomic E-state index is 11.3. The van der Waals surface area contributed by atoms with E-state index in [1.807, 2.05) is 0 Å². The van der Waals surface area contributed by atoms with Gasteiger partial charge in [-0.05, 0) is 5.56 Å². The van der Waals surface area contributed by atoms with Crippen molar-refractivity contribution in [2.24, 2.45) is 5.84 Å². The third-order valence-corrected chi connectivity index (χ3v) is 2.88. The second kappa shape index (κ2) is 5.63. The van der Waals surface area contributed by atoms with Crippen LogP contribution in [0.5, 0.6) is 0 Å². The molecular weight excluding hydrogens is 266 g/mol. The number of carbonyl (C=O) groups excluding carboxylic acids is 2. The third-order valence-electron chi connectivity index (χ3n) is 2.88. The number of nitrogens with two attached hydrogens (primary N) is 1. The van der Waals surface area contributed by atoms with Gasteiger partial charge >= 0.3 is 0 Å². The number of nitro groups is 1. The molecule has 0 atom stereocenters. The molecule has 0 unspecified atom stereocenters. The van der Waals surface area contributed by atoms with Crippen molar-refractivity contribution in [3.8, 4) is 0 Å². The Morgan fingerprint density at radius 1 is 1.35 bits per heavy atom. The Morgan fingerprint density at radius 3 is 2.55 bits per heavy atom. The molecule has 0 radical (unpaired) electrons. The molecule has 2 rings (SSSR count). The zero-order valence-corrected chi connectivity index (χ0v) is 10.5. The number of hydrogen-bond donors (Lipinski definition) is 3. The van der Waals surface area contributed by atoms with Crippen molar-refractivity contribution in [3.63, 3.8) is 0 Å². The molecule has 1 aromatic carbocycles. The summed E-state index contributed by atoms with van der Waals surface area (Å²) in [5.74, 6) is 4.54. The quantitative estimate of drug-likeness (QED) is 0.288. The van der Waals surface area contributed by atoms with Gasteiger partial charge < -0.3 is 5.43 Å². The average molecular weight is 279 g/mol. The van der Waals surface area contributed by atoms with Crippen LogP contribution in [-0.2, 0) is 16.1 Å². The number of amides is 2. The summed E-state index contributed by atoms with van der Waals surface area (Å²) >= 11 is 0. The Morgan fingerprint density at radius 2 is 2.00 bits per heavy atom. The summed E-state index contributed by atoms with van der Waals surface area (Å²) in [6.45, 7) is 0.317. The molecule has 9 nitrogen and oxygen atoms in total. The average Bonchev–Trinajstić information content (AvgIpc) is 2.37. The number of nitrogen functional groups attached to an aromatic ring is 1. The number of para-hydroxylation sites is 1. The fourth-order valence-corrected chi connectivity index (χ4v) is 2.09. The maximum atomic E-state index is 11.3. The molecular formula is C11H13N5O4. The second-order valence-corrected chi connectivity index (χ2v) is 4.33. The van der Waals surface area contributed by atoms with Crippen LogP contribution in [0.15, 0.2) is 18.2 Å². The lowest BCUT2D eigenvalue weighted by Crippen LogP contribution is -2.50. The molecule has 0 spiro atoms. The van der Waals surface area contributed by atoms with Crippen LogP contribution in [0.25, 0.3) is 0 Å². The Kier molecular flexibility index (Phi) is 3.91. The van der Waals surface area contributed by atoms with Gasteiger partial charge in [-0.3, -0.25) is 35.8 Å². The summed E-state index contributed by atoms with van der Waals surface area (Å²) in [6.07, 6.45) is 0. The highest BCUT2D eigenvalue weighted by Crippen LogP contribution is 2.28. The maximum Gasteiger partial charge on any atom is 0.293 e. The summed E-state index contributed by atoms with van der Waals surface area (Å²) in [4.78, 5) is 34.5. The van der Waals surface area contributed by atoms with Gasteiger partial charge in [0, 0.05) is 12.6 Å². The molecule has 1 aromatic rings. The van der Waals surface area contributed by atoms with E-state index in [1.165, 1.54) is 12.1 Å². The Hall–Kier alpha value is -2.52. The van der Waals surface area contributed by atoms with E-state index in [9.17, 15) is 19.7 Å². The highest BCUT2D eigenvalue weighted by atomic mass is 16.6.